The van der Waals surface area contributed by atoms with Gasteiger partial charge in [0.05, 0.1) is 12.7 Å². The molecule has 2 nitrogen and oxygen atoms in total. The van der Waals surface area contributed by atoms with Crippen molar-refractivity contribution in [1.29, 1.82) is 0 Å². The molecule has 1 heterocycles. The average Bonchev–Trinajstić information content (AvgIpc) is 2.63. The minimum absolute atomic E-state index is 0.458. The Hall–Kier alpha value is -0.670. The van der Waals surface area contributed by atoms with Gasteiger partial charge < -0.3 is 9.84 Å². The van der Waals surface area contributed by atoms with E-state index in [4.69, 9.17) is 4.74 Å². The van der Waals surface area contributed by atoms with Crippen LogP contribution in [-0.4, -0.2) is 17.5 Å². The van der Waals surface area contributed by atoms with Crippen LogP contribution in [0.15, 0.2) is 18.2 Å². The van der Waals surface area contributed by atoms with Gasteiger partial charge in [-0.2, -0.15) is 12.6 Å². The molecule has 1 aliphatic rings. The lowest BCUT2D eigenvalue weighted by atomic mass is 10.1. The number of fused-ring (bicyclic) bond motifs is 1. The van der Waals surface area contributed by atoms with Crippen molar-refractivity contribution in [1.82, 2.24) is 0 Å². The molecule has 70 valence electrons. The number of aliphatic hydroxyl groups excluding tert-OH is 1. The Bertz CT molecular complexity index is 312. The summed E-state index contributed by atoms with van der Waals surface area (Å²) in [7, 11) is 0. The maximum Gasteiger partial charge on any atom is 0.122 e. The molecule has 0 radical (unpaired) electrons. The summed E-state index contributed by atoms with van der Waals surface area (Å²) in [4.78, 5) is 0. The van der Waals surface area contributed by atoms with Crippen LogP contribution >= 0.6 is 12.6 Å². The maximum atomic E-state index is 9.54. The number of ether oxygens (including phenoxy) is 1. The van der Waals surface area contributed by atoms with Gasteiger partial charge in [0.1, 0.15) is 5.75 Å². The minimum Gasteiger partial charge on any atom is -0.493 e. The van der Waals surface area contributed by atoms with E-state index in [1.54, 1.807) is 0 Å². The molecule has 1 unspecified atom stereocenters. The first-order chi connectivity index (χ1) is 6.31. The third-order valence-corrected chi connectivity index (χ3v) is 2.62. The fraction of sp³-hybridized carbons (Fsp3) is 0.400. The van der Waals surface area contributed by atoms with Crippen LogP contribution in [0.25, 0.3) is 0 Å². The third-order valence-electron chi connectivity index (χ3n) is 2.27. The molecule has 1 atom stereocenters. The highest BCUT2D eigenvalue weighted by Gasteiger charge is 2.14. The molecule has 13 heavy (non-hydrogen) atoms. The lowest BCUT2D eigenvalue weighted by Crippen LogP contribution is -1.98. The van der Waals surface area contributed by atoms with Crippen molar-refractivity contribution in [3.8, 4) is 5.75 Å². The molecule has 3 heteroatoms. The summed E-state index contributed by atoms with van der Waals surface area (Å²) in [5.74, 6) is 1.41. The van der Waals surface area contributed by atoms with E-state index in [1.807, 2.05) is 18.2 Å². The van der Waals surface area contributed by atoms with Crippen LogP contribution in [0.3, 0.4) is 0 Å². The van der Waals surface area contributed by atoms with Crippen LogP contribution in [0.5, 0.6) is 5.75 Å². The van der Waals surface area contributed by atoms with E-state index in [2.05, 4.69) is 12.6 Å². The normalized spacial score (nSPS) is 16.5. The fourth-order valence-electron chi connectivity index (χ4n) is 1.52. The first-order valence-electron chi connectivity index (χ1n) is 4.36. The topological polar surface area (TPSA) is 29.5 Å². The maximum absolute atomic E-state index is 9.54. The molecule has 0 bridgehead atoms. The molecule has 1 aliphatic heterocycles. The predicted octanol–water partition coefficient (Wildman–Crippen LogP) is 1.58. The van der Waals surface area contributed by atoms with Crippen LogP contribution in [0.2, 0.25) is 0 Å². The molecule has 2 rings (SSSR count). The largest absolute Gasteiger partial charge is 0.493 e. The second kappa shape index (κ2) is 3.60. The Balaban J connectivity index is 2.30. The Kier molecular flexibility index (Phi) is 2.47. The van der Waals surface area contributed by atoms with Crippen LogP contribution in [0.1, 0.15) is 17.2 Å². The van der Waals surface area contributed by atoms with Crippen molar-refractivity contribution >= 4 is 12.6 Å². The summed E-state index contributed by atoms with van der Waals surface area (Å²) in [6, 6.07) is 5.82. The highest BCUT2D eigenvalue weighted by atomic mass is 32.1. The van der Waals surface area contributed by atoms with Crippen LogP contribution in [0, 0.1) is 0 Å². The summed E-state index contributed by atoms with van der Waals surface area (Å²) in [6.45, 7) is 0.760. The van der Waals surface area contributed by atoms with Gasteiger partial charge in [-0.15, -0.1) is 0 Å². The molecule has 0 amide bonds. The molecule has 1 aromatic carbocycles. The van der Waals surface area contributed by atoms with Gasteiger partial charge >= 0.3 is 0 Å². The molecule has 0 saturated carbocycles. The standard InChI is InChI=1S/C10H12O2S/c11-9(6-13)7-1-2-10-8(5-7)3-4-12-10/h1-2,5,9,11,13H,3-4,6H2. The Morgan fingerprint density at radius 1 is 1.54 bits per heavy atom. The highest BCUT2D eigenvalue weighted by molar-refractivity contribution is 7.80. The zero-order chi connectivity index (χ0) is 9.26. The predicted molar refractivity (Wildman–Crippen MR) is 54.5 cm³/mol. The summed E-state index contributed by atoms with van der Waals surface area (Å²) in [5, 5.41) is 9.54. The average molecular weight is 196 g/mol. The van der Waals surface area contributed by atoms with Gasteiger partial charge in [-0.3, -0.25) is 0 Å². The first kappa shape index (κ1) is 8.91. The summed E-state index contributed by atoms with van der Waals surface area (Å²) in [5.41, 5.74) is 2.12. The van der Waals surface area contributed by atoms with Crippen LogP contribution < -0.4 is 4.74 Å². The molecule has 1 N–H and O–H groups in total. The molecule has 0 fully saturated rings. The highest BCUT2D eigenvalue weighted by Crippen LogP contribution is 2.28. The van der Waals surface area contributed by atoms with E-state index in [1.165, 1.54) is 5.56 Å². The molecule has 1 aromatic rings. The SMILES string of the molecule is OC(CS)c1ccc2c(c1)CCO2. The van der Waals surface area contributed by atoms with Gasteiger partial charge in [-0.1, -0.05) is 6.07 Å². The lowest BCUT2D eigenvalue weighted by molar-refractivity contribution is 0.204. The van der Waals surface area contributed by atoms with E-state index in [9.17, 15) is 5.11 Å². The number of rotatable bonds is 2. The second-order valence-corrected chi connectivity index (χ2v) is 3.53. The van der Waals surface area contributed by atoms with Crippen LogP contribution in [-0.2, 0) is 6.42 Å². The van der Waals surface area contributed by atoms with E-state index >= 15 is 0 Å². The van der Waals surface area contributed by atoms with Gasteiger partial charge in [0, 0.05) is 12.2 Å². The smallest absolute Gasteiger partial charge is 0.122 e. The molecular weight excluding hydrogens is 184 g/mol. The number of thiol groups is 1. The third kappa shape index (κ3) is 1.67. The first-order valence-corrected chi connectivity index (χ1v) is 4.99. The van der Waals surface area contributed by atoms with Gasteiger partial charge in [-0.25, -0.2) is 0 Å². The Morgan fingerprint density at radius 3 is 3.15 bits per heavy atom. The zero-order valence-corrected chi connectivity index (χ0v) is 8.13. The molecule has 0 spiro atoms. The van der Waals surface area contributed by atoms with Crippen LogP contribution in [0.4, 0.5) is 0 Å². The molecule has 0 aromatic heterocycles. The van der Waals surface area contributed by atoms with Crippen molar-refractivity contribution < 1.29 is 9.84 Å². The number of aliphatic hydroxyl groups is 1. The zero-order valence-electron chi connectivity index (χ0n) is 7.23. The lowest BCUT2D eigenvalue weighted by Gasteiger charge is -2.08. The van der Waals surface area contributed by atoms with Crippen molar-refractivity contribution in [3.05, 3.63) is 29.3 Å². The van der Waals surface area contributed by atoms with E-state index < -0.39 is 6.10 Å². The Morgan fingerprint density at radius 2 is 2.38 bits per heavy atom. The molecule has 0 saturated heterocycles. The molecular formula is C10H12O2S. The van der Waals surface area contributed by atoms with Gasteiger partial charge in [0.25, 0.3) is 0 Å². The minimum atomic E-state index is -0.464. The van der Waals surface area contributed by atoms with Crippen molar-refractivity contribution in [2.24, 2.45) is 0 Å². The number of hydrogen-bond acceptors (Lipinski definition) is 3. The van der Waals surface area contributed by atoms with E-state index in [0.29, 0.717) is 5.75 Å². The van der Waals surface area contributed by atoms with E-state index in [-0.39, 0.29) is 0 Å². The summed E-state index contributed by atoms with van der Waals surface area (Å²) in [6.07, 6.45) is 0.483. The van der Waals surface area contributed by atoms with Crippen molar-refractivity contribution in [2.45, 2.75) is 12.5 Å². The monoisotopic (exact) mass is 196 g/mol. The summed E-state index contributed by atoms with van der Waals surface area (Å²) < 4.78 is 5.37. The second-order valence-electron chi connectivity index (χ2n) is 3.16. The molecule has 0 aliphatic carbocycles. The van der Waals surface area contributed by atoms with Crippen molar-refractivity contribution in [2.75, 3.05) is 12.4 Å². The number of hydrogen-bond donors (Lipinski definition) is 2. The quantitative estimate of drug-likeness (QED) is 0.703. The number of benzene rings is 1. The fourth-order valence-corrected chi connectivity index (χ4v) is 1.73. The summed E-state index contributed by atoms with van der Waals surface area (Å²) >= 11 is 4.05. The van der Waals surface area contributed by atoms with Gasteiger partial charge in [-0.05, 0) is 23.3 Å². The van der Waals surface area contributed by atoms with Gasteiger partial charge in [0.15, 0.2) is 0 Å². The van der Waals surface area contributed by atoms with Gasteiger partial charge in [0.2, 0.25) is 0 Å². The van der Waals surface area contributed by atoms with E-state index in [0.717, 1.165) is 24.3 Å². The Labute approximate surface area is 82.9 Å². The van der Waals surface area contributed by atoms with Crippen molar-refractivity contribution in [3.63, 3.8) is 0 Å².